The van der Waals surface area contributed by atoms with Gasteiger partial charge in [0.25, 0.3) is 0 Å². The number of nitrogens with zero attached hydrogens (tertiary/aromatic N) is 3. The summed E-state index contributed by atoms with van der Waals surface area (Å²) < 4.78 is 12.6. The number of hydrogen-bond acceptors (Lipinski definition) is 5. The Hall–Kier alpha value is -1.11. The zero-order chi connectivity index (χ0) is 14.2. The molecular formula is C14H26N4O2. The van der Waals surface area contributed by atoms with Gasteiger partial charge in [0.15, 0.2) is 0 Å². The molecule has 1 aromatic heterocycles. The van der Waals surface area contributed by atoms with Crippen LogP contribution in [0.2, 0.25) is 0 Å². The largest absolute Gasteiger partial charge is 0.383 e. The van der Waals surface area contributed by atoms with Crippen LogP contribution in [0.25, 0.3) is 0 Å². The Morgan fingerprint density at radius 3 is 2.90 bits per heavy atom. The lowest BCUT2D eigenvalue weighted by Gasteiger charge is -2.26. The highest BCUT2D eigenvalue weighted by molar-refractivity contribution is 5.28. The van der Waals surface area contributed by atoms with Crippen LogP contribution in [-0.4, -0.2) is 67.6 Å². The molecule has 1 fully saturated rings. The van der Waals surface area contributed by atoms with E-state index in [1.54, 1.807) is 7.11 Å². The molecule has 0 bridgehead atoms. The van der Waals surface area contributed by atoms with Crippen LogP contribution in [0.15, 0.2) is 6.20 Å². The Balaban J connectivity index is 1.76. The molecule has 0 aromatic carbocycles. The Morgan fingerprint density at radius 2 is 2.15 bits per heavy atom. The summed E-state index contributed by atoms with van der Waals surface area (Å²) in [5, 5.41) is 3.32. The number of aryl methyl sites for hydroxylation is 2. The average molecular weight is 282 g/mol. The molecule has 0 saturated carbocycles. The number of rotatable bonds is 8. The van der Waals surface area contributed by atoms with Crippen LogP contribution in [0.4, 0.5) is 5.95 Å². The van der Waals surface area contributed by atoms with Gasteiger partial charge >= 0.3 is 0 Å². The standard InChI is InChI=1S/C14H26N4O2/c1-13-12-18(14(16-13)15-4-9-19-2)6-3-5-17-7-10-20-11-8-17/h12H,3-11H2,1-2H3,(H,15,16). The van der Waals surface area contributed by atoms with Gasteiger partial charge in [0.05, 0.1) is 25.5 Å². The zero-order valence-corrected chi connectivity index (χ0v) is 12.6. The van der Waals surface area contributed by atoms with Gasteiger partial charge < -0.3 is 19.4 Å². The zero-order valence-electron chi connectivity index (χ0n) is 12.6. The first-order valence-electron chi connectivity index (χ1n) is 7.36. The van der Waals surface area contributed by atoms with Crippen LogP contribution in [0.3, 0.4) is 0 Å². The van der Waals surface area contributed by atoms with Crippen LogP contribution in [0.1, 0.15) is 12.1 Å². The van der Waals surface area contributed by atoms with E-state index in [0.717, 1.165) is 64.0 Å². The molecule has 1 N–H and O–H groups in total. The maximum atomic E-state index is 5.36. The number of methoxy groups -OCH3 is 1. The number of anilines is 1. The number of aromatic nitrogens is 2. The molecular weight excluding hydrogens is 256 g/mol. The fourth-order valence-corrected chi connectivity index (χ4v) is 2.41. The van der Waals surface area contributed by atoms with Gasteiger partial charge in [-0.1, -0.05) is 0 Å². The van der Waals surface area contributed by atoms with E-state index in [4.69, 9.17) is 9.47 Å². The van der Waals surface area contributed by atoms with Crippen molar-refractivity contribution in [2.24, 2.45) is 0 Å². The Morgan fingerprint density at radius 1 is 1.35 bits per heavy atom. The Kier molecular flexibility index (Phi) is 6.29. The summed E-state index contributed by atoms with van der Waals surface area (Å²) in [7, 11) is 1.71. The highest BCUT2D eigenvalue weighted by Gasteiger charge is 2.10. The summed E-state index contributed by atoms with van der Waals surface area (Å²) in [4.78, 5) is 6.97. The molecule has 0 radical (unpaired) electrons. The smallest absolute Gasteiger partial charge is 0.203 e. The predicted molar refractivity (Wildman–Crippen MR) is 79.2 cm³/mol. The van der Waals surface area contributed by atoms with E-state index in [1.165, 1.54) is 0 Å². The number of nitrogens with one attached hydrogen (secondary N) is 1. The van der Waals surface area contributed by atoms with E-state index in [1.807, 2.05) is 6.92 Å². The minimum atomic E-state index is 0.694. The number of ether oxygens (including phenoxy) is 2. The molecule has 0 aliphatic carbocycles. The van der Waals surface area contributed by atoms with Crippen LogP contribution >= 0.6 is 0 Å². The molecule has 2 heterocycles. The van der Waals surface area contributed by atoms with Gasteiger partial charge in [-0.05, 0) is 13.3 Å². The van der Waals surface area contributed by atoms with Crippen molar-refractivity contribution >= 4 is 5.95 Å². The lowest BCUT2D eigenvalue weighted by molar-refractivity contribution is 0.0369. The topological polar surface area (TPSA) is 51.5 Å². The summed E-state index contributed by atoms with van der Waals surface area (Å²) in [6.07, 6.45) is 3.24. The Labute approximate surface area is 121 Å². The molecule has 1 aliphatic heterocycles. The second-order valence-corrected chi connectivity index (χ2v) is 5.13. The SMILES string of the molecule is COCCNc1nc(C)cn1CCCN1CCOCC1. The molecule has 1 saturated heterocycles. The first-order valence-corrected chi connectivity index (χ1v) is 7.36. The summed E-state index contributed by atoms with van der Waals surface area (Å²) >= 11 is 0. The molecule has 1 aromatic rings. The van der Waals surface area contributed by atoms with Crippen LogP contribution in [0, 0.1) is 6.92 Å². The van der Waals surface area contributed by atoms with Crippen molar-refractivity contribution in [2.45, 2.75) is 19.9 Å². The molecule has 20 heavy (non-hydrogen) atoms. The van der Waals surface area contributed by atoms with Gasteiger partial charge in [0.2, 0.25) is 5.95 Å². The lowest BCUT2D eigenvalue weighted by atomic mass is 10.3. The normalized spacial score (nSPS) is 16.5. The number of hydrogen-bond donors (Lipinski definition) is 1. The highest BCUT2D eigenvalue weighted by atomic mass is 16.5. The fraction of sp³-hybridized carbons (Fsp3) is 0.786. The summed E-state index contributed by atoms with van der Waals surface area (Å²) in [5.41, 5.74) is 1.05. The van der Waals surface area contributed by atoms with Crippen molar-refractivity contribution in [1.29, 1.82) is 0 Å². The van der Waals surface area contributed by atoms with E-state index < -0.39 is 0 Å². The van der Waals surface area contributed by atoms with Crippen molar-refractivity contribution in [3.63, 3.8) is 0 Å². The molecule has 2 rings (SSSR count). The van der Waals surface area contributed by atoms with Gasteiger partial charge in [0, 0.05) is 46.0 Å². The van der Waals surface area contributed by atoms with Crippen molar-refractivity contribution in [1.82, 2.24) is 14.5 Å². The van der Waals surface area contributed by atoms with Crippen LogP contribution in [0.5, 0.6) is 0 Å². The molecule has 6 nitrogen and oxygen atoms in total. The lowest BCUT2D eigenvalue weighted by Crippen LogP contribution is -2.37. The fourth-order valence-electron chi connectivity index (χ4n) is 2.41. The molecule has 1 aliphatic rings. The minimum absolute atomic E-state index is 0.694. The summed E-state index contributed by atoms with van der Waals surface area (Å²) in [6.45, 7) is 9.48. The van der Waals surface area contributed by atoms with E-state index in [9.17, 15) is 0 Å². The molecule has 6 heteroatoms. The van der Waals surface area contributed by atoms with Crippen molar-refractivity contribution in [3.05, 3.63) is 11.9 Å². The average Bonchev–Trinajstić information content (AvgIpc) is 2.81. The van der Waals surface area contributed by atoms with Crippen molar-refractivity contribution in [2.75, 3.05) is 58.4 Å². The number of morpholine rings is 1. The van der Waals surface area contributed by atoms with Gasteiger partial charge in [-0.3, -0.25) is 4.90 Å². The van der Waals surface area contributed by atoms with Gasteiger partial charge in [-0.2, -0.15) is 0 Å². The minimum Gasteiger partial charge on any atom is -0.383 e. The third-order valence-corrected chi connectivity index (χ3v) is 3.46. The second-order valence-electron chi connectivity index (χ2n) is 5.13. The molecule has 0 atom stereocenters. The first kappa shape index (κ1) is 15.3. The van der Waals surface area contributed by atoms with Gasteiger partial charge in [0.1, 0.15) is 0 Å². The molecule has 0 unspecified atom stereocenters. The van der Waals surface area contributed by atoms with Gasteiger partial charge in [-0.25, -0.2) is 4.98 Å². The van der Waals surface area contributed by atoms with E-state index in [0.29, 0.717) is 6.61 Å². The Bertz CT molecular complexity index is 389. The van der Waals surface area contributed by atoms with Gasteiger partial charge in [-0.15, -0.1) is 0 Å². The first-order chi connectivity index (χ1) is 9.79. The summed E-state index contributed by atoms with van der Waals surface area (Å²) in [6, 6.07) is 0. The maximum Gasteiger partial charge on any atom is 0.203 e. The number of imidazole rings is 1. The quantitative estimate of drug-likeness (QED) is 0.720. The van der Waals surface area contributed by atoms with E-state index in [2.05, 4.69) is 26.0 Å². The van der Waals surface area contributed by atoms with E-state index >= 15 is 0 Å². The van der Waals surface area contributed by atoms with E-state index in [-0.39, 0.29) is 0 Å². The molecule has 114 valence electrons. The third-order valence-electron chi connectivity index (χ3n) is 3.46. The second kappa shape index (κ2) is 8.24. The monoisotopic (exact) mass is 282 g/mol. The molecule has 0 amide bonds. The maximum absolute atomic E-state index is 5.36. The van der Waals surface area contributed by atoms with Crippen LogP contribution in [-0.2, 0) is 16.0 Å². The third kappa shape index (κ3) is 4.77. The van der Waals surface area contributed by atoms with Crippen molar-refractivity contribution in [3.8, 4) is 0 Å². The van der Waals surface area contributed by atoms with Crippen molar-refractivity contribution < 1.29 is 9.47 Å². The molecule has 0 spiro atoms. The predicted octanol–water partition coefficient (Wildman–Crippen LogP) is 0.972. The van der Waals surface area contributed by atoms with Crippen LogP contribution < -0.4 is 5.32 Å². The summed E-state index contributed by atoms with van der Waals surface area (Å²) in [5.74, 6) is 0.946. The highest BCUT2D eigenvalue weighted by Crippen LogP contribution is 2.09.